The number of rotatable bonds is 3. The van der Waals surface area contributed by atoms with Crippen LogP contribution >= 0.6 is 11.6 Å². The van der Waals surface area contributed by atoms with Gasteiger partial charge in [0.1, 0.15) is 5.02 Å². The van der Waals surface area contributed by atoms with Gasteiger partial charge in [0.05, 0.1) is 11.0 Å². The van der Waals surface area contributed by atoms with Crippen LogP contribution < -0.4 is 0 Å². The molecule has 0 aliphatic carbocycles. The Morgan fingerprint density at radius 2 is 2.29 bits per heavy atom. The molecule has 0 spiro atoms. The number of halogens is 1. The summed E-state index contributed by atoms with van der Waals surface area (Å²) >= 11 is 5.68. The fourth-order valence-corrected chi connectivity index (χ4v) is 1.44. The van der Waals surface area contributed by atoms with Crippen molar-refractivity contribution in [2.24, 2.45) is 0 Å². The molecule has 0 aliphatic heterocycles. The molecule has 0 saturated carbocycles. The van der Waals surface area contributed by atoms with Crippen molar-refractivity contribution in [2.75, 3.05) is 0 Å². The second-order valence-electron chi connectivity index (χ2n) is 3.10. The molecular formula is C9H10ClNO3. The second kappa shape index (κ2) is 4.39. The molecule has 1 aromatic carbocycles. The van der Waals surface area contributed by atoms with Gasteiger partial charge in [-0.2, -0.15) is 0 Å². The van der Waals surface area contributed by atoms with Gasteiger partial charge in [0.2, 0.25) is 0 Å². The van der Waals surface area contributed by atoms with Gasteiger partial charge in [0, 0.05) is 6.07 Å². The molecule has 1 atom stereocenters. The standard InChI is InChI=1S/C9H10ClNO3/c1-6(12)4-7-2-3-9(11(13)14)8(10)5-7/h2-3,5-6,12H,4H2,1H3/t6-/m0/s1. The Morgan fingerprint density at radius 1 is 1.64 bits per heavy atom. The lowest BCUT2D eigenvalue weighted by Crippen LogP contribution is -2.04. The Bertz CT molecular complexity index is 352. The van der Waals surface area contributed by atoms with E-state index in [1.54, 1.807) is 13.0 Å². The number of aliphatic hydroxyl groups is 1. The SMILES string of the molecule is C[C@H](O)Cc1ccc([N+](=O)[O-])c(Cl)c1. The smallest absolute Gasteiger partial charge is 0.287 e. The number of aliphatic hydroxyl groups excluding tert-OH is 1. The molecule has 0 amide bonds. The predicted molar refractivity (Wildman–Crippen MR) is 53.5 cm³/mol. The van der Waals surface area contributed by atoms with Crippen molar-refractivity contribution >= 4 is 17.3 Å². The van der Waals surface area contributed by atoms with E-state index in [4.69, 9.17) is 16.7 Å². The van der Waals surface area contributed by atoms with Crippen molar-refractivity contribution in [3.05, 3.63) is 38.9 Å². The van der Waals surface area contributed by atoms with Crippen molar-refractivity contribution < 1.29 is 10.0 Å². The van der Waals surface area contributed by atoms with E-state index in [0.717, 1.165) is 5.56 Å². The Balaban J connectivity index is 2.94. The van der Waals surface area contributed by atoms with Crippen molar-refractivity contribution in [3.8, 4) is 0 Å². The van der Waals surface area contributed by atoms with E-state index in [9.17, 15) is 10.1 Å². The van der Waals surface area contributed by atoms with Crippen LogP contribution in [0, 0.1) is 10.1 Å². The molecule has 76 valence electrons. The lowest BCUT2D eigenvalue weighted by molar-refractivity contribution is -0.384. The maximum Gasteiger partial charge on any atom is 0.287 e. The number of nitrogens with zero attached hydrogens (tertiary/aromatic N) is 1. The highest BCUT2D eigenvalue weighted by Crippen LogP contribution is 2.25. The zero-order chi connectivity index (χ0) is 10.7. The second-order valence-corrected chi connectivity index (χ2v) is 3.50. The molecule has 1 rings (SSSR count). The number of benzene rings is 1. The summed E-state index contributed by atoms with van der Waals surface area (Å²) in [5, 5.41) is 19.6. The molecule has 14 heavy (non-hydrogen) atoms. The first-order chi connectivity index (χ1) is 6.50. The van der Waals surface area contributed by atoms with Crippen molar-refractivity contribution in [1.29, 1.82) is 0 Å². The van der Waals surface area contributed by atoms with E-state index < -0.39 is 11.0 Å². The van der Waals surface area contributed by atoms with Gasteiger partial charge in [-0.3, -0.25) is 10.1 Å². The van der Waals surface area contributed by atoms with Crippen LogP contribution in [0.4, 0.5) is 5.69 Å². The van der Waals surface area contributed by atoms with E-state index >= 15 is 0 Å². The van der Waals surface area contributed by atoms with Gasteiger partial charge in [0.15, 0.2) is 0 Å². The highest BCUT2D eigenvalue weighted by molar-refractivity contribution is 6.32. The number of nitro groups is 1. The molecule has 1 N–H and O–H groups in total. The van der Waals surface area contributed by atoms with Gasteiger partial charge < -0.3 is 5.11 Å². The summed E-state index contributed by atoms with van der Waals surface area (Å²) in [6, 6.07) is 4.45. The number of hydrogen-bond donors (Lipinski definition) is 1. The van der Waals surface area contributed by atoms with Gasteiger partial charge in [-0.25, -0.2) is 0 Å². The highest BCUT2D eigenvalue weighted by Gasteiger charge is 2.12. The minimum absolute atomic E-state index is 0.105. The number of hydrogen-bond acceptors (Lipinski definition) is 3. The molecule has 0 heterocycles. The third-order valence-electron chi connectivity index (χ3n) is 1.74. The maximum absolute atomic E-state index is 10.4. The topological polar surface area (TPSA) is 63.4 Å². The van der Waals surface area contributed by atoms with E-state index in [-0.39, 0.29) is 10.7 Å². The summed E-state index contributed by atoms with van der Waals surface area (Å²) in [5.74, 6) is 0. The fraction of sp³-hybridized carbons (Fsp3) is 0.333. The fourth-order valence-electron chi connectivity index (χ4n) is 1.17. The molecule has 0 fully saturated rings. The van der Waals surface area contributed by atoms with Gasteiger partial charge in [-0.15, -0.1) is 0 Å². The van der Waals surface area contributed by atoms with E-state index in [1.807, 2.05) is 0 Å². The molecule has 0 aromatic heterocycles. The third kappa shape index (κ3) is 2.68. The minimum atomic E-state index is -0.533. The van der Waals surface area contributed by atoms with Crippen LogP contribution in [0.3, 0.4) is 0 Å². The Labute approximate surface area is 86.3 Å². The summed E-state index contributed by atoms with van der Waals surface area (Å²) in [6.07, 6.45) is -0.0370. The molecule has 0 aliphatic rings. The van der Waals surface area contributed by atoms with Gasteiger partial charge in [0.25, 0.3) is 5.69 Å². The van der Waals surface area contributed by atoms with Crippen LogP contribution in [-0.2, 0) is 6.42 Å². The minimum Gasteiger partial charge on any atom is -0.393 e. The van der Waals surface area contributed by atoms with Crippen LogP contribution in [0.1, 0.15) is 12.5 Å². The van der Waals surface area contributed by atoms with Gasteiger partial charge in [-0.05, 0) is 25.0 Å². The Kier molecular flexibility index (Phi) is 3.43. The van der Waals surface area contributed by atoms with E-state index in [1.165, 1.54) is 12.1 Å². The Hall–Kier alpha value is -1.13. The molecule has 1 aromatic rings. The summed E-state index contributed by atoms with van der Waals surface area (Å²) in [5.41, 5.74) is 0.677. The average molecular weight is 216 g/mol. The third-order valence-corrected chi connectivity index (χ3v) is 2.04. The Morgan fingerprint density at radius 3 is 2.71 bits per heavy atom. The summed E-state index contributed by atoms with van der Waals surface area (Å²) in [6.45, 7) is 1.65. The molecule has 0 unspecified atom stereocenters. The maximum atomic E-state index is 10.4. The summed E-state index contributed by atoms with van der Waals surface area (Å²) < 4.78 is 0. The van der Waals surface area contributed by atoms with Crippen molar-refractivity contribution in [3.63, 3.8) is 0 Å². The zero-order valence-electron chi connectivity index (χ0n) is 7.61. The molecule has 0 radical (unpaired) electrons. The van der Waals surface area contributed by atoms with Gasteiger partial charge >= 0.3 is 0 Å². The largest absolute Gasteiger partial charge is 0.393 e. The molecule has 5 heteroatoms. The summed E-state index contributed by atoms with van der Waals surface area (Å²) in [7, 11) is 0. The first kappa shape index (κ1) is 10.9. The van der Waals surface area contributed by atoms with E-state index in [2.05, 4.69) is 0 Å². The van der Waals surface area contributed by atoms with Gasteiger partial charge in [-0.1, -0.05) is 17.7 Å². The highest BCUT2D eigenvalue weighted by atomic mass is 35.5. The lowest BCUT2D eigenvalue weighted by Gasteiger charge is -2.04. The normalized spacial score (nSPS) is 12.5. The molecule has 0 saturated heterocycles. The molecule has 4 nitrogen and oxygen atoms in total. The first-order valence-corrected chi connectivity index (χ1v) is 4.49. The van der Waals surface area contributed by atoms with Crippen LogP contribution in [0.5, 0.6) is 0 Å². The number of nitro benzene ring substituents is 1. The molecular weight excluding hydrogens is 206 g/mol. The van der Waals surface area contributed by atoms with Crippen LogP contribution in [-0.4, -0.2) is 16.1 Å². The van der Waals surface area contributed by atoms with Crippen molar-refractivity contribution in [1.82, 2.24) is 0 Å². The predicted octanol–water partition coefficient (Wildman–Crippen LogP) is 2.17. The monoisotopic (exact) mass is 215 g/mol. The zero-order valence-corrected chi connectivity index (χ0v) is 8.36. The lowest BCUT2D eigenvalue weighted by atomic mass is 10.1. The van der Waals surface area contributed by atoms with Crippen LogP contribution in [0.2, 0.25) is 5.02 Å². The van der Waals surface area contributed by atoms with Crippen molar-refractivity contribution in [2.45, 2.75) is 19.4 Å². The van der Waals surface area contributed by atoms with E-state index in [0.29, 0.717) is 6.42 Å². The molecule has 0 bridgehead atoms. The average Bonchev–Trinajstić information content (AvgIpc) is 2.01. The summed E-state index contributed by atoms with van der Waals surface area (Å²) in [4.78, 5) is 9.89. The quantitative estimate of drug-likeness (QED) is 0.621. The first-order valence-electron chi connectivity index (χ1n) is 4.11. The van der Waals surface area contributed by atoms with Crippen LogP contribution in [0.25, 0.3) is 0 Å². The van der Waals surface area contributed by atoms with Crippen LogP contribution in [0.15, 0.2) is 18.2 Å².